The highest BCUT2D eigenvalue weighted by Gasteiger charge is 2.50. The van der Waals surface area contributed by atoms with Crippen LogP contribution >= 0.6 is 0 Å². The molecule has 74 valence electrons. The van der Waals surface area contributed by atoms with Gasteiger partial charge in [-0.1, -0.05) is 0 Å². The van der Waals surface area contributed by atoms with Crippen LogP contribution in [-0.2, 0) is 5.60 Å². The highest BCUT2D eigenvalue weighted by atomic mass is 16.3. The van der Waals surface area contributed by atoms with Crippen molar-refractivity contribution in [1.82, 2.24) is 14.9 Å². The summed E-state index contributed by atoms with van der Waals surface area (Å²) in [6.45, 7) is 2.84. The Balaban J connectivity index is 1.98. The van der Waals surface area contributed by atoms with Gasteiger partial charge in [-0.3, -0.25) is 14.9 Å². The van der Waals surface area contributed by atoms with Gasteiger partial charge in [0.15, 0.2) is 0 Å². The second kappa shape index (κ2) is 2.74. The van der Waals surface area contributed by atoms with Crippen LogP contribution in [0.2, 0.25) is 0 Å². The Kier molecular flexibility index (Phi) is 1.63. The summed E-state index contributed by atoms with van der Waals surface area (Å²) in [5.74, 6) is 0.346. The van der Waals surface area contributed by atoms with E-state index in [4.69, 9.17) is 0 Å². The maximum atomic E-state index is 10.5. The van der Waals surface area contributed by atoms with Crippen LogP contribution in [0, 0.1) is 5.92 Å². The van der Waals surface area contributed by atoms with Gasteiger partial charge in [-0.25, -0.2) is 0 Å². The van der Waals surface area contributed by atoms with Crippen LogP contribution in [0.3, 0.4) is 0 Å². The van der Waals surface area contributed by atoms with Gasteiger partial charge < -0.3 is 5.11 Å². The maximum Gasteiger partial charge on any atom is 0.125 e. The van der Waals surface area contributed by atoms with Crippen LogP contribution in [0.15, 0.2) is 18.6 Å². The van der Waals surface area contributed by atoms with Crippen LogP contribution in [0.5, 0.6) is 0 Å². The molecule has 1 aromatic heterocycles. The first-order chi connectivity index (χ1) is 6.79. The first-order valence-electron chi connectivity index (χ1n) is 5.00. The van der Waals surface area contributed by atoms with E-state index >= 15 is 0 Å². The van der Waals surface area contributed by atoms with Gasteiger partial charge in [0.1, 0.15) is 5.60 Å². The average molecular weight is 191 g/mol. The lowest BCUT2D eigenvalue weighted by Crippen LogP contribution is -2.40. The standard InChI is InChI=1S/C10H13N3O/c14-10(9-5-11-2-3-12-9)7-13-4-1-8(10)6-13/h2-3,5,8,14H,1,4,6-7H2. The zero-order valence-corrected chi connectivity index (χ0v) is 7.93. The van der Waals surface area contributed by atoms with Gasteiger partial charge >= 0.3 is 0 Å². The van der Waals surface area contributed by atoms with E-state index in [-0.39, 0.29) is 0 Å². The van der Waals surface area contributed by atoms with Crippen molar-refractivity contribution in [2.24, 2.45) is 5.92 Å². The molecule has 2 fully saturated rings. The van der Waals surface area contributed by atoms with Crippen LogP contribution in [0.1, 0.15) is 12.1 Å². The summed E-state index contributed by atoms with van der Waals surface area (Å²) in [7, 11) is 0. The van der Waals surface area contributed by atoms with Gasteiger partial charge in [-0.15, -0.1) is 0 Å². The predicted molar refractivity (Wildman–Crippen MR) is 50.5 cm³/mol. The number of aliphatic hydroxyl groups is 1. The van der Waals surface area contributed by atoms with E-state index < -0.39 is 5.60 Å². The van der Waals surface area contributed by atoms with E-state index in [1.54, 1.807) is 18.6 Å². The molecule has 0 amide bonds. The average Bonchev–Trinajstić information content (AvgIpc) is 2.79. The first-order valence-corrected chi connectivity index (χ1v) is 5.00. The summed E-state index contributed by atoms with van der Waals surface area (Å²) in [4.78, 5) is 10.5. The van der Waals surface area contributed by atoms with Crippen molar-refractivity contribution >= 4 is 0 Å². The molecular weight excluding hydrogens is 178 g/mol. The van der Waals surface area contributed by atoms with Gasteiger partial charge in [0, 0.05) is 31.4 Å². The Hall–Kier alpha value is -1.00. The minimum atomic E-state index is -0.744. The maximum absolute atomic E-state index is 10.5. The number of aromatic nitrogens is 2. The molecule has 1 aromatic rings. The predicted octanol–water partition coefficient (Wildman–Crippen LogP) is -0.000300. The molecule has 1 N–H and O–H groups in total. The Morgan fingerprint density at radius 3 is 3.00 bits per heavy atom. The van der Waals surface area contributed by atoms with E-state index in [9.17, 15) is 5.11 Å². The van der Waals surface area contributed by atoms with Crippen molar-refractivity contribution in [3.05, 3.63) is 24.3 Å². The molecule has 2 bridgehead atoms. The smallest absolute Gasteiger partial charge is 0.125 e. The van der Waals surface area contributed by atoms with Gasteiger partial charge in [0.05, 0.1) is 11.9 Å². The molecule has 0 saturated carbocycles. The van der Waals surface area contributed by atoms with E-state index in [1.807, 2.05) is 0 Å². The second-order valence-electron chi connectivity index (χ2n) is 4.24. The van der Waals surface area contributed by atoms with E-state index in [0.29, 0.717) is 5.92 Å². The van der Waals surface area contributed by atoms with Gasteiger partial charge in [0.25, 0.3) is 0 Å². The van der Waals surface area contributed by atoms with Crippen LogP contribution in [-0.4, -0.2) is 39.6 Å². The Morgan fingerprint density at radius 2 is 2.43 bits per heavy atom. The molecule has 0 aromatic carbocycles. The molecule has 2 aliphatic rings. The topological polar surface area (TPSA) is 49.3 Å². The highest BCUT2D eigenvalue weighted by Crippen LogP contribution is 2.42. The number of hydrogen-bond donors (Lipinski definition) is 1. The second-order valence-corrected chi connectivity index (χ2v) is 4.24. The highest BCUT2D eigenvalue weighted by molar-refractivity contribution is 5.16. The van der Waals surface area contributed by atoms with Gasteiger partial charge in [-0.2, -0.15) is 0 Å². The van der Waals surface area contributed by atoms with Crippen LogP contribution in [0.25, 0.3) is 0 Å². The summed E-state index contributed by atoms with van der Waals surface area (Å²) in [5.41, 5.74) is -0.0147. The molecule has 3 heterocycles. The third-order valence-corrected chi connectivity index (χ3v) is 3.42. The van der Waals surface area contributed by atoms with Crippen molar-refractivity contribution in [2.45, 2.75) is 12.0 Å². The largest absolute Gasteiger partial charge is 0.382 e. The monoisotopic (exact) mass is 191 g/mol. The van der Waals surface area contributed by atoms with Gasteiger partial charge in [0.2, 0.25) is 0 Å². The minimum Gasteiger partial charge on any atom is -0.382 e. The number of piperidine rings is 1. The van der Waals surface area contributed by atoms with E-state index in [0.717, 1.165) is 31.7 Å². The third kappa shape index (κ3) is 1.01. The van der Waals surface area contributed by atoms with Crippen molar-refractivity contribution in [3.63, 3.8) is 0 Å². The molecule has 4 nitrogen and oxygen atoms in total. The normalized spacial score (nSPS) is 40.4. The molecule has 4 heteroatoms. The Labute approximate surface area is 82.6 Å². The Morgan fingerprint density at radius 1 is 1.50 bits per heavy atom. The molecule has 2 saturated heterocycles. The number of fused-ring (bicyclic) bond motifs is 2. The van der Waals surface area contributed by atoms with Crippen molar-refractivity contribution in [2.75, 3.05) is 19.6 Å². The molecule has 3 unspecified atom stereocenters. The summed E-state index contributed by atoms with van der Waals surface area (Å²) < 4.78 is 0. The van der Waals surface area contributed by atoms with Crippen molar-refractivity contribution < 1.29 is 5.11 Å². The van der Waals surface area contributed by atoms with E-state index in [2.05, 4.69) is 14.9 Å². The van der Waals surface area contributed by atoms with Crippen molar-refractivity contribution in [1.29, 1.82) is 0 Å². The first kappa shape index (κ1) is 8.32. The van der Waals surface area contributed by atoms with Crippen molar-refractivity contribution in [3.8, 4) is 0 Å². The fourth-order valence-electron chi connectivity index (χ4n) is 2.65. The van der Waals surface area contributed by atoms with Crippen LogP contribution in [0.4, 0.5) is 0 Å². The lowest BCUT2D eigenvalue weighted by molar-refractivity contribution is -0.0141. The lowest BCUT2D eigenvalue weighted by atomic mass is 9.85. The molecular formula is C10H13N3O. The quantitative estimate of drug-likeness (QED) is 0.679. The number of hydrogen-bond acceptors (Lipinski definition) is 4. The Bertz CT molecular complexity index is 342. The fraction of sp³-hybridized carbons (Fsp3) is 0.600. The molecule has 3 rings (SSSR count). The molecule has 0 radical (unpaired) electrons. The third-order valence-electron chi connectivity index (χ3n) is 3.42. The van der Waals surface area contributed by atoms with E-state index in [1.165, 1.54) is 0 Å². The number of nitrogens with zero attached hydrogens (tertiary/aromatic N) is 3. The zero-order chi connectivity index (χ0) is 9.60. The van der Waals surface area contributed by atoms with Gasteiger partial charge in [-0.05, 0) is 13.0 Å². The number of rotatable bonds is 1. The lowest BCUT2D eigenvalue weighted by Gasteiger charge is -2.31. The summed E-state index contributed by atoms with van der Waals surface area (Å²) in [5, 5.41) is 10.5. The summed E-state index contributed by atoms with van der Waals surface area (Å²) in [6, 6.07) is 0. The molecule has 2 aliphatic heterocycles. The zero-order valence-electron chi connectivity index (χ0n) is 7.93. The molecule has 0 aliphatic carbocycles. The molecule has 3 atom stereocenters. The summed E-state index contributed by atoms with van der Waals surface area (Å²) in [6.07, 6.45) is 6.05. The summed E-state index contributed by atoms with van der Waals surface area (Å²) >= 11 is 0. The SMILES string of the molecule is OC1(c2cnccn2)CN2CCC1C2. The fourth-order valence-corrected chi connectivity index (χ4v) is 2.65. The molecule has 0 spiro atoms. The molecule has 14 heavy (non-hydrogen) atoms. The minimum absolute atomic E-state index is 0.346. The van der Waals surface area contributed by atoms with Crippen LogP contribution < -0.4 is 0 Å².